The van der Waals surface area contributed by atoms with Crippen molar-refractivity contribution in [3.8, 4) is 16.2 Å². The molecule has 5 heteroatoms. The average molecular weight is 403 g/mol. The second kappa shape index (κ2) is 9.72. The summed E-state index contributed by atoms with van der Waals surface area (Å²) in [7, 11) is 3.38. The molecule has 0 N–H and O–H groups in total. The van der Waals surface area contributed by atoms with E-state index < -0.39 is 0 Å². The highest BCUT2D eigenvalue weighted by atomic mass is 79.9. The Labute approximate surface area is 147 Å². The molecule has 2 rings (SSSR count). The first-order valence-electron chi connectivity index (χ1n) is 7.19. The Hall–Kier alpha value is -0.230. The molecule has 0 fully saturated rings. The van der Waals surface area contributed by atoms with Crippen molar-refractivity contribution in [3.05, 3.63) is 34.2 Å². The molecular weight excluding hydrogens is 384 g/mol. The molecule has 0 saturated heterocycles. The number of hydrogen-bond donors (Lipinski definition) is 0. The lowest BCUT2D eigenvalue weighted by molar-refractivity contribution is 0.304. The quantitative estimate of drug-likeness (QED) is 0.194. The predicted molar refractivity (Wildman–Crippen MR) is 101 cm³/mol. The molecule has 1 aromatic heterocycles. The molecule has 0 atom stereocenters. The molecule has 0 spiro atoms. The fourth-order valence-electron chi connectivity index (χ4n) is 2.00. The van der Waals surface area contributed by atoms with Crippen LogP contribution in [-0.4, -0.2) is 11.9 Å². The Morgan fingerprint density at radius 3 is 2.33 bits per heavy atom. The van der Waals surface area contributed by atoms with Crippen LogP contribution in [0.3, 0.4) is 0 Å². The first-order chi connectivity index (χ1) is 10.3. The zero-order chi connectivity index (χ0) is 14.9. The molecule has 0 unspecified atom stereocenters. The second-order valence-electron chi connectivity index (χ2n) is 4.82. The lowest BCUT2D eigenvalue weighted by Crippen LogP contribution is -1.97. The van der Waals surface area contributed by atoms with Gasteiger partial charge in [-0.3, -0.25) is 0 Å². The van der Waals surface area contributed by atoms with Crippen molar-refractivity contribution in [1.29, 1.82) is 0 Å². The zero-order valence-electron chi connectivity index (χ0n) is 11.8. The van der Waals surface area contributed by atoms with Gasteiger partial charge in [-0.05, 0) is 48.7 Å². The van der Waals surface area contributed by atoms with Crippen LogP contribution in [-0.2, 0) is 0 Å². The maximum Gasteiger partial charge on any atom is 0.119 e. The van der Waals surface area contributed by atoms with Gasteiger partial charge in [0.15, 0.2) is 0 Å². The van der Waals surface area contributed by atoms with Crippen LogP contribution < -0.4 is 4.74 Å². The number of unbranched alkanes of at least 4 members (excludes halogenated alkanes) is 4. The van der Waals surface area contributed by atoms with E-state index in [0.29, 0.717) is 0 Å². The van der Waals surface area contributed by atoms with Crippen LogP contribution in [0.5, 0.6) is 5.75 Å². The van der Waals surface area contributed by atoms with Gasteiger partial charge in [0.1, 0.15) is 9.57 Å². The Bertz CT molecular complexity index is 574. The molecule has 1 nitrogen and oxygen atoms in total. The highest BCUT2D eigenvalue weighted by molar-refractivity contribution is 9.09. The maximum absolute atomic E-state index is 5.78. The predicted octanol–water partition coefficient (Wildman–Crippen LogP) is 6.93. The molecule has 0 aliphatic carbocycles. The van der Waals surface area contributed by atoms with E-state index in [1.54, 1.807) is 20.7 Å². The number of hydrogen-bond acceptors (Lipinski definition) is 4. The summed E-state index contributed by atoms with van der Waals surface area (Å²) in [5.41, 5.74) is 1.22. The summed E-state index contributed by atoms with van der Waals surface area (Å²) in [6.07, 6.45) is 6.28. The first-order valence-corrected chi connectivity index (χ1v) is 10.9. The van der Waals surface area contributed by atoms with Gasteiger partial charge in [-0.15, -0.1) is 0 Å². The number of ether oxygens (including phenoxy) is 1. The molecule has 1 heterocycles. The van der Waals surface area contributed by atoms with Crippen molar-refractivity contribution < 1.29 is 4.74 Å². The van der Waals surface area contributed by atoms with E-state index in [1.165, 1.54) is 36.1 Å². The average Bonchev–Trinajstić information content (AvgIpc) is 2.93. The smallest absolute Gasteiger partial charge is 0.119 e. The van der Waals surface area contributed by atoms with Gasteiger partial charge < -0.3 is 4.74 Å². The lowest BCUT2D eigenvalue weighted by atomic mass is 10.1. The molecule has 0 amide bonds. The highest BCUT2D eigenvalue weighted by Crippen LogP contribution is 2.30. The fraction of sp³-hybridized carbons (Fsp3) is 0.438. The number of alkyl halides is 1. The van der Waals surface area contributed by atoms with Crippen molar-refractivity contribution in [1.82, 2.24) is 0 Å². The van der Waals surface area contributed by atoms with Gasteiger partial charge >= 0.3 is 0 Å². The van der Waals surface area contributed by atoms with Gasteiger partial charge in [0.2, 0.25) is 0 Å². The molecule has 0 aliphatic rings. The maximum atomic E-state index is 5.78. The van der Waals surface area contributed by atoms with Crippen LogP contribution in [0.4, 0.5) is 0 Å². The van der Waals surface area contributed by atoms with E-state index in [2.05, 4.69) is 34.1 Å². The minimum atomic E-state index is 0.811. The van der Waals surface area contributed by atoms with Gasteiger partial charge in [0.25, 0.3) is 0 Å². The first kappa shape index (κ1) is 17.1. The minimum Gasteiger partial charge on any atom is -0.494 e. The van der Waals surface area contributed by atoms with Crippen LogP contribution >= 0.6 is 48.8 Å². The summed E-state index contributed by atoms with van der Waals surface area (Å²) in [5, 5.41) is 1.12. The van der Waals surface area contributed by atoms with Crippen LogP contribution in [0.2, 0.25) is 0 Å². The number of halogens is 1. The Kier molecular flexibility index (Phi) is 7.93. The van der Waals surface area contributed by atoms with Gasteiger partial charge in [-0.2, -0.15) is 0 Å². The van der Waals surface area contributed by atoms with Crippen LogP contribution in [0.25, 0.3) is 10.4 Å². The molecule has 21 heavy (non-hydrogen) atoms. The van der Waals surface area contributed by atoms with Gasteiger partial charge in [-0.25, -0.2) is 0 Å². The molecule has 2 aromatic rings. The normalized spacial score (nSPS) is 10.7. The Morgan fingerprint density at radius 2 is 1.67 bits per heavy atom. The summed E-state index contributed by atoms with van der Waals surface area (Å²) in [4.78, 5) is 1.24. The van der Waals surface area contributed by atoms with E-state index in [1.807, 2.05) is 12.1 Å². The van der Waals surface area contributed by atoms with Crippen molar-refractivity contribution in [2.45, 2.75) is 32.1 Å². The van der Waals surface area contributed by atoms with Gasteiger partial charge in [0.05, 0.1) is 6.61 Å². The number of benzene rings is 1. The third-order valence-electron chi connectivity index (χ3n) is 3.15. The van der Waals surface area contributed by atoms with Crippen LogP contribution in [0, 0.1) is 3.82 Å². The standard InChI is InChI=1S/C16H19BrOS3/c17-10-4-2-1-3-5-11-18-14-8-6-13(7-9-14)15-12-16(19)21-20-15/h6-9,12H,1-5,10-11H2. The molecule has 0 radical (unpaired) electrons. The summed E-state index contributed by atoms with van der Waals surface area (Å²) in [6, 6.07) is 10.4. The summed E-state index contributed by atoms with van der Waals surface area (Å²) >= 11 is 8.63. The van der Waals surface area contributed by atoms with Crippen LogP contribution in [0.1, 0.15) is 32.1 Å². The molecular formula is C16H19BrOS3. The van der Waals surface area contributed by atoms with E-state index in [-0.39, 0.29) is 0 Å². The summed E-state index contributed by atoms with van der Waals surface area (Å²) < 4.78 is 6.74. The molecule has 0 aliphatic heterocycles. The van der Waals surface area contributed by atoms with E-state index in [0.717, 1.165) is 27.9 Å². The lowest BCUT2D eigenvalue weighted by Gasteiger charge is -2.06. The van der Waals surface area contributed by atoms with Gasteiger partial charge in [0, 0.05) is 10.2 Å². The molecule has 114 valence electrons. The van der Waals surface area contributed by atoms with Gasteiger partial charge in [-0.1, -0.05) is 68.1 Å². The SMILES string of the molecule is S=c1cc(-c2ccc(OCCCCCCCBr)cc2)ss1. The summed E-state index contributed by atoms with van der Waals surface area (Å²) in [5.74, 6) is 0.957. The zero-order valence-corrected chi connectivity index (χ0v) is 15.9. The summed E-state index contributed by atoms with van der Waals surface area (Å²) in [6.45, 7) is 0.811. The highest BCUT2D eigenvalue weighted by Gasteiger charge is 2.01. The number of rotatable bonds is 9. The second-order valence-corrected chi connectivity index (χ2v) is 8.53. The van der Waals surface area contributed by atoms with E-state index >= 15 is 0 Å². The van der Waals surface area contributed by atoms with E-state index in [4.69, 9.17) is 17.0 Å². The monoisotopic (exact) mass is 402 g/mol. The van der Waals surface area contributed by atoms with E-state index in [9.17, 15) is 0 Å². The molecule has 0 bridgehead atoms. The largest absolute Gasteiger partial charge is 0.494 e. The third kappa shape index (κ3) is 6.19. The third-order valence-corrected chi connectivity index (χ3v) is 6.62. The molecule has 1 aromatic carbocycles. The van der Waals surface area contributed by atoms with Crippen molar-refractivity contribution in [2.24, 2.45) is 0 Å². The van der Waals surface area contributed by atoms with Crippen molar-refractivity contribution in [2.75, 3.05) is 11.9 Å². The topological polar surface area (TPSA) is 9.23 Å². The minimum absolute atomic E-state index is 0.811. The van der Waals surface area contributed by atoms with Crippen molar-refractivity contribution in [3.63, 3.8) is 0 Å². The van der Waals surface area contributed by atoms with Crippen LogP contribution in [0.15, 0.2) is 30.3 Å². The molecule has 0 saturated carbocycles. The van der Waals surface area contributed by atoms with Crippen molar-refractivity contribution >= 4 is 48.8 Å². The Morgan fingerprint density at radius 1 is 0.952 bits per heavy atom. The Balaban J connectivity index is 1.71. The fourth-order valence-corrected chi connectivity index (χ4v) is 4.80.